The van der Waals surface area contributed by atoms with Crippen molar-refractivity contribution in [3.63, 3.8) is 0 Å². The zero-order chi connectivity index (χ0) is 14.9. The van der Waals surface area contributed by atoms with Crippen LogP contribution in [0.3, 0.4) is 0 Å². The molecule has 10 nitrogen and oxygen atoms in total. The average molecular weight is 286 g/mol. The van der Waals surface area contributed by atoms with Gasteiger partial charge in [0.15, 0.2) is 6.23 Å². The molecule has 2 heterocycles. The Morgan fingerprint density at radius 3 is 2.80 bits per heavy atom. The second-order valence-electron chi connectivity index (χ2n) is 4.22. The number of aliphatic hydroxyl groups is 2. The highest BCUT2D eigenvalue weighted by molar-refractivity contribution is 5.64. The molecule has 0 unspecified atom stereocenters. The van der Waals surface area contributed by atoms with Crippen LogP contribution in [-0.4, -0.2) is 50.8 Å². The largest absolute Gasteiger partial charge is 0.447 e. The summed E-state index contributed by atoms with van der Waals surface area (Å²) in [6.07, 6.45) is -4.66. The maximum atomic E-state index is 11.6. The zero-order valence-electron chi connectivity index (χ0n) is 10.2. The van der Waals surface area contributed by atoms with Crippen LogP contribution >= 0.6 is 0 Å². The number of nitrogens with zero attached hydrogens (tertiary/aromatic N) is 2. The van der Waals surface area contributed by atoms with Gasteiger partial charge in [-0.05, 0) is 6.07 Å². The van der Waals surface area contributed by atoms with Gasteiger partial charge in [0.25, 0.3) is 0 Å². The number of amides is 1. The Balaban J connectivity index is 2.17. The van der Waals surface area contributed by atoms with E-state index >= 15 is 0 Å². The van der Waals surface area contributed by atoms with Crippen molar-refractivity contribution in [2.75, 3.05) is 12.3 Å². The molecule has 0 radical (unpaired) electrons. The zero-order valence-corrected chi connectivity index (χ0v) is 10.2. The molecule has 0 bridgehead atoms. The molecule has 1 fully saturated rings. The summed E-state index contributed by atoms with van der Waals surface area (Å²) < 4.78 is 10.8. The lowest BCUT2D eigenvalue weighted by Crippen LogP contribution is -2.36. The summed E-state index contributed by atoms with van der Waals surface area (Å²) in [6, 6.07) is 1.34. The molecule has 0 spiro atoms. The molecule has 0 aliphatic carbocycles. The van der Waals surface area contributed by atoms with Crippen LogP contribution in [0.4, 0.5) is 10.6 Å². The predicted molar refractivity (Wildman–Crippen MR) is 64.4 cm³/mol. The predicted octanol–water partition coefficient (Wildman–Crippen LogP) is -2.46. The summed E-state index contributed by atoms with van der Waals surface area (Å²) in [7, 11) is 0. The van der Waals surface area contributed by atoms with Gasteiger partial charge >= 0.3 is 11.8 Å². The number of rotatable bonds is 3. The van der Waals surface area contributed by atoms with Crippen LogP contribution < -0.4 is 17.2 Å². The summed E-state index contributed by atoms with van der Waals surface area (Å²) in [4.78, 5) is 25.6. The number of carbonyl (C=O) groups is 1. The lowest BCUT2D eigenvalue weighted by atomic mass is 10.1. The van der Waals surface area contributed by atoms with E-state index < -0.39 is 36.3 Å². The van der Waals surface area contributed by atoms with Gasteiger partial charge in [-0.15, -0.1) is 0 Å². The van der Waals surface area contributed by atoms with E-state index in [0.717, 1.165) is 4.57 Å². The summed E-state index contributed by atoms with van der Waals surface area (Å²) >= 11 is 0. The van der Waals surface area contributed by atoms with Crippen molar-refractivity contribution in [1.29, 1.82) is 0 Å². The summed E-state index contributed by atoms with van der Waals surface area (Å²) in [6.45, 7) is -0.346. The van der Waals surface area contributed by atoms with Gasteiger partial charge in [-0.1, -0.05) is 0 Å². The van der Waals surface area contributed by atoms with E-state index in [1.165, 1.54) is 12.3 Å². The normalized spacial score (nSPS) is 29.3. The Morgan fingerprint density at radius 1 is 1.50 bits per heavy atom. The summed E-state index contributed by atoms with van der Waals surface area (Å²) in [5, 5.41) is 19.7. The molecule has 2 rings (SSSR count). The van der Waals surface area contributed by atoms with Crippen LogP contribution in [-0.2, 0) is 9.47 Å². The fraction of sp³-hybridized carbons (Fsp3) is 0.500. The molecule has 6 N–H and O–H groups in total. The Morgan fingerprint density at radius 2 is 2.20 bits per heavy atom. The van der Waals surface area contributed by atoms with Gasteiger partial charge in [-0.3, -0.25) is 4.57 Å². The Bertz CT molecular complexity index is 561. The molecule has 0 aromatic carbocycles. The smallest absolute Gasteiger partial charge is 0.404 e. The first-order valence-electron chi connectivity index (χ1n) is 5.68. The van der Waals surface area contributed by atoms with Crippen LogP contribution in [0.25, 0.3) is 0 Å². The third-order valence-electron chi connectivity index (χ3n) is 2.85. The van der Waals surface area contributed by atoms with E-state index in [4.69, 9.17) is 16.2 Å². The molecular weight excluding hydrogens is 272 g/mol. The number of hydrogen-bond acceptors (Lipinski definition) is 8. The van der Waals surface area contributed by atoms with Gasteiger partial charge in [0.05, 0.1) is 0 Å². The topological polar surface area (TPSA) is 163 Å². The van der Waals surface area contributed by atoms with Gasteiger partial charge < -0.3 is 31.2 Å². The highest BCUT2D eigenvalue weighted by atomic mass is 16.6. The summed E-state index contributed by atoms with van der Waals surface area (Å²) in [5.41, 5.74) is 9.41. The van der Waals surface area contributed by atoms with E-state index in [2.05, 4.69) is 9.72 Å². The van der Waals surface area contributed by atoms with Crippen LogP contribution in [0.2, 0.25) is 0 Å². The minimum Gasteiger partial charge on any atom is -0.447 e. The molecule has 1 aliphatic heterocycles. The highest BCUT2D eigenvalue weighted by Gasteiger charge is 2.44. The van der Waals surface area contributed by atoms with Gasteiger partial charge in [-0.25, -0.2) is 9.59 Å². The SMILES string of the molecule is NC(=O)OC[C@H]1O[C@@H](n2ccc(N)nc2=O)[C@H](O)[C@@H]1O. The number of hydrogen-bond donors (Lipinski definition) is 4. The number of carbonyl (C=O) groups excluding carboxylic acids is 1. The standard InChI is InChI=1S/C10H14N4O6/c11-5-1-2-14(10(18)13-5)8-7(16)6(15)4(20-8)3-19-9(12)17/h1-2,4,6-8,15-16H,3H2,(H2,12,17)(H2,11,13,18)/t4-,6-,7-,8-/m1/s1. The van der Waals surface area contributed by atoms with Crippen molar-refractivity contribution in [3.8, 4) is 0 Å². The molecule has 20 heavy (non-hydrogen) atoms. The molecule has 4 atom stereocenters. The Hall–Kier alpha value is -2.17. The number of primary amides is 1. The minimum atomic E-state index is -1.39. The first kappa shape index (κ1) is 14.2. The van der Waals surface area contributed by atoms with Crippen LogP contribution in [0.1, 0.15) is 6.23 Å². The Labute approximate surface area is 112 Å². The molecule has 10 heteroatoms. The van der Waals surface area contributed by atoms with Crippen molar-refractivity contribution < 1.29 is 24.5 Å². The van der Waals surface area contributed by atoms with Crippen LogP contribution in [0.15, 0.2) is 17.1 Å². The molecule has 1 saturated heterocycles. The molecule has 1 aromatic rings. The van der Waals surface area contributed by atoms with Crippen molar-refractivity contribution in [2.24, 2.45) is 5.73 Å². The van der Waals surface area contributed by atoms with Gasteiger partial charge in [0.2, 0.25) is 0 Å². The molecule has 1 aliphatic rings. The van der Waals surface area contributed by atoms with E-state index in [9.17, 15) is 19.8 Å². The highest BCUT2D eigenvalue weighted by Crippen LogP contribution is 2.28. The number of aliphatic hydroxyl groups excluding tert-OH is 2. The Kier molecular flexibility index (Phi) is 3.88. The fourth-order valence-corrected chi connectivity index (χ4v) is 1.88. The average Bonchev–Trinajstić information content (AvgIpc) is 2.64. The number of aromatic nitrogens is 2. The minimum absolute atomic E-state index is 0.0212. The second-order valence-corrected chi connectivity index (χ2v) is 4.22. The lowest BCUT2D eigenvalue weighted by Gasteiger charge is -2.16. The fourth-order valence-electron chi connectivity index (χ4n) is 1.88. The maximum absolute atomic E-state index is 11.6. The quantitative estimate of drug-likeness (QED) is 0.475. The van der Waals surface area contributed by atoms with Crippen molar-refractivity contribution in [3.05, 3.63) is 22.7 Å². The van der Waals surface area contributed by atoms with Crippen molar-refractivity contribution >= 4 is 11.9 Å². The molecule has 0 saturated carbocycles. The first-order valence-corrected chi connectivity index (χ1v) is 5.68. The van der Waals surface area contributed by atoms with Gasteiger partial charge in [-0.2, -0.15) is 4.98 Å². The lowest BCUT2D eigenvalue weighted by molar-refractivity contribution is -0.0562. The first-order chi connectivity index (χ1) is 9.40. The molecule has 1 aromatic heterocycles. The number of ether oxygens (including phenoxy) is 2. The number of anilines is 1. The van der Waals surface area contributed by atoms with E-state index in [0.29, 0.717) is 0 Å². The second kappa shape index (κ2) is 5.45. The van der Waals surface area contributed by atoms with Crippen LogP contribution in [0, 0.1) is 0 Å². The molecular formula is C10H14N4O6. The van der Waals surface area contributed by atoms with Crippen molar-refractivity contribution in [2.45, 2.75) is 24.5 Å². The maximum Gasteiger partial charge on any atom is 0.404 e. The number of nitrogens with two attached hydrogens (primary N) is 2. The van der Waals surface area contributed by atoms with E-state index in [1.54, 1.807) is 0 Å². The molecule has 110 valence electrons. The third kappa shape index (κ3) is 2.71. The van der Waals surface area contributed by atoms with E-state index in [-0.39, 0.29) is 12.4 Å². The third-order valence-corrected chi connectivity index (χ3v) is 2.85. The van der Waals surface area contributed by atoms with Crippen molar-refractivity contribution in [1.82, 2.24) is 9.55 Å². The van der Waals surface area contributed by atoms with E-state index in [1.807, 2.05) is 0 Å². The molecule has 1 amide bonds. The van der Waals surface area contributed by atoms with Crippen LogP contribution in [0.5, 0.6) is 0 Å². The van der Waals surface area contributed by atoms with Gasteiger partial charge in [0, 0.05) is 6.20 Å². The number of nitrogen functional groups attached to an aromatic ring is 1. The summed E-state index contributed by atoms with van der Waals surface area (Å²) in [5.74, 6) is 0.0212. The monoisotopic (exact) mass is 286 g/mol. The van der Waals surface area contributed by atoms with Gasteiger partial charge in [0.1, 0.15) is 30.7 Å².